The molecule has 0 N–H and O–H groups in total. The molecule has 0 radical (unpaired) electrons. The van der Waals surface area contributed by atoms with E-state index in [2.05, 4.69) is 17.0 Å². The predicted molar refractivity (Wildman–Crippen MR) is 88.0 cm³/mol. The highest BCUT2D eigenvalue weighted by atomic mass is 32.2. The lowest BCUT2D eigenvalue weighted by Gasteiger charge is -2.22. The molecule has 3 nitrogen and oxygen atoms in total. The minimum Gasteiger partial charge on any atom is -0.497 e. The van der Waals surface area contributed by atoms with Gasteiger partial charge in [-0.3, -0.25) is 0 Å². The number of nitrogens with zero attached hydrogens (tertiary/aromatic N) is 2. The van der Waals surface area contributed by atoms with Crippen molar-refractivity contribution in [3.05, 3.63) is 53.6 Å². The van der Waals surface area contributed by atoms with Crippen LogP contribution in [-0.4, -0.2) is 20.4 Å². The van der Waals surface area contributed by atoms with Crippen LogP contribution in [0.1, 0.15) is 11.1 Å². The van der Waals surface area contributed by atoms with Crippen molar-refractivity contribution < 1.29 is 4.74 Å². The van der Waals surface area contributed by atoms with E-state index < -0.39 is 0 Å². The van der Waals surface area contributed by atoms with E-state index in [4.69, 9.17) is 4.74 Å². The Kier molecular flexibility index (Phi) is 5.13. The second-order valence-corrected chi connectivity index (χ2v) is 5.52. The van der Waals surface area contributed by atoms with E-state index in [0.717, 1.165) is 34.0 Å². The summed E-state index contributed by atoms with van der Waals surface area (Å²) in [6, 6.07) is 16.3. The summed E-state index contributed by atoms with van der Waals surface area (Å²) in [5.41, 5.74) is 2.83. The third-order valence-corrected chi connectivity index (χ3v) is 4.08. The molecule has 108 valence electrons. The van der Waals surface area contributed by atoms with Crippen molar-refractivity contribution in [3.63, 3.8) is 0 Å². The molecule has 0 heterocycles. The highest BCUT2D eigenvalue weighted by molar-refractivity contribution is 7.98. The predicted octanol–water partition coefficient (Wildman–Crippen LogP) is 3.93. The van der Waals surface area contributed by atoms with Gasteiger partial charge in [0.15, 0.2) is 0 Å². The Labute approximate surface area is 130 Å². The maximum atomic E-state index is 9.42. The molecular weight excluding hydrogens is 280 g/mol. The lowest BCUT2D eigenvalue weighted by Crippen LogP contribution is -2.17. The van der Waals surface area contributed by atoms with Gasteiger partial charge in [-0.25, -0.2) is 0 Å². The Balaban J connectivity index is 2.28. The van der Waals surface area contributed by atoms with Gasteiger partial charge in [0, 0.05) is 18.5 Å². The van der Waals surface area contributed by atoms with Crippen molar-refractivity contribution >= 4 is 17.4 Å². The molecule has 2 rings (SSSR count). The van der Waals surface area contributed by atoms with Crippen LogP contribution in [0, 0.1) is 11.3 Å². The van der Waals surface area contributed by atoms with Crippen molar-refractivity contribution in [2.24, 2.45) is 0 Å². The molecule has 0 unspecified atom stereocenters. The van der Waals surface area contributed by atoms with Crippen LogP contribution >= 0.6 is 11.8 Å². The highest BCUT2D eigenvalue weighted by Crippen LogP contribution is 2.29. The van der Waals surface area contributed by atoms with E-state index >= 15 is 0 Å². The first kappa shape index (κ1) is 15.3. The minimum absolute atomic E-state index is 0.726. The SMILES string of the molecule is COc1cccc(CN(C)c2cccc(SC)c2C#N)c1. The molecule has 4 heteroatoms. The molecule has 0 amide bonds. The smallest absolute Gasteiger partial charge is 0.119 e. The number of benzene rings is 2. The van der Waals surface area contributed by atoms with Crippen molar-refractivity contribution in [2.45, 2.75) is 11.4 Å². The number of nitriles is 1. The van der Waals surface area contributed by atoms with Crippen molar-refractivity contribution in [2.75, 3.05) is 25.3 Å². The fraction of sp³-hybridized carbons (Fsp3) is 0.235. The highest BCUT2D eigenvalue weighted by Gasteiger charge is 2.11. The van der Waals surface area contributed by atoms with Gasteiger partial charge in [-0.1, -0.05) is 18.2 Å². The molecular formula is C17H18N2OS. The van der Waals surface area contributed by atoms with E-state index in [-0.39, 0.29) is 0 Å². The number of methoxy groups -OCH3 is 1. The van der Waals surface area contributed by atoms with E-state index in [1.165, 1.54) is 0 Å². The molecule has 0 atom stereocenters. The molecule has 0 aliphatic heterocycles. The van der Waals surface area contributed by atoms with Gasteiger partial charge < -0.3 is 9.64 Å². The molecule has 2 aromatic carbocycles. The fourth-order valence-corrected chi connectivity index (χ4v) is 2.82. The first-order chi connectivity index (χ1) is 10.2. The Morgan fingerprint density at radius 2 is 2.00 bits per heavy atom. The lowest BCUT2D eigenvalue weighted by atomic mass is 10.1. The average molecular weight is 298 g/mol. The third-order valence-electron chi connectivity index (χ3n) is 3.30. The zero-order chi connectivity index (χ0) is 15.2. The maximum Gasteiger partial charge on any atom is 0.119 e. The molecule has 0 bridgehead atoms. The van der Waals surface area contributed by atoms with Gasteiger partial charge in [-0.2, -0.15) is 5.26 Å². The molecule has 0 saturated heterocycles. The van der Waals surface area contributed by atoms with Crippen molar-refractivity contribution in [1.82, 2.24) is 0 Å². The Hall–Kier alpha value is -2.12. The normalized spacial score (nSPS) is 10.0. The molecule has 0 saturated carbocycles. The average Bonchev–Trinajstić information content (AvgIpc) is 2.53. The van der Waals surface area contributed by atoms with E-state index in [9.17, 15) is 5.26 Å². The van der Waals surface area contributed by atoms with Crippen LogP contribution < -0.4 is 9.64 Å². The zero-order valence-electron chi connectivity index (χ0n) is 12.5. The monoisotopic (exact) mass is 298 g/mol. The standard InChI is InChI=1S/C17H18N2OS/c1-19(12-13-6-4-7-14(10-13)20-2)16-8-5-9-17(21-3)15(16)11-18/h4-10H,12H2,1-3H3. The summed E-state index contributed by atoms with van der Waals surface area (Å²) >= 11 is 1.59. The number of hydrogen-bond acceptors (Lipinski definition) is 4. The molecule has 0 aromatic heterocycles. The summed E-state index contributed by atoms with van der Waals surface area (Å²) in [4.78, 5) is 3.10. The van der Waals surface area contributed by atoms with Crippen LogP contribution in [0.2, 0.25) is 0 Å². The first-order valence-corrected chi connectivity index (χ1v) is 7.83. The second kappa shape index (κ2) is 7.05. The van der Waals surface area contributed by atoms with Crippen LogP contribution in [0.3, 0.4) is 0 Å². The Morgan fingerprint density at radius 1 is 1.24 bits per heavy atom. The summed E-state index contributed by atoms with van der Waals surface area (Å²) in [5, 5.41) is 9.42. The first-order valence-electron chi connectivity index (χ1n) is 6.60. The summed E-state index contributed by atoms with van der Waals surface area (Å²) < 4.78 is 5.25. The summed E-state index contributed by atoms with van der Waals surface area (Å²) in [5.74, 6) is 0.847. The molecule has 21 heavy (non-hydrogen) atoms. The Morgan fingerprint density at radius 3 is 2.67 bits per heavy atom. The van der Waals surface area contributed by atoms with Gasteiger partial charge in [-0.15, -0.1) is 11.8 Å². The van der Waals surface area contributed by atoms with Crippen LogP contribution in [0.25, 0.3) is 0 Å². The number of rotatable bonds is 5. The van der Waals surface area contributed by atoms with Crippen LogP contribution in [0.4, 0.5) is 5.69 Å². The number of anilines is 1. The largest absolute Gasteiger partial charge is 0.497 e. The van der Waals surface area contributed by atoms with Gasteiger partial charge in [0.2, 0.25) is 0 Å². The van der Waals surface area contributed by atoms with Crippen LogP contribution in [0.5, 0.6) is 5.75 Å². The van der Waals surface area contributed by atoms with Gasteiger partial charge >= 0.3 is 0 Å². The fourth-order valence-electron chi connectivity index (χ4n) is 2.25. The minimum atomic E-state index is 0.726. The molecule has 0 spiro atoms. The van der Waals surface area contributed by atoms with E-state index in [1.807, 2.05) is 49.7 Å². The third kappa shape index (κ3) is 3.50. The summed E-state index contributed by atoms with van der Waals surface area (Å²) in [7, 11) is 3.66. The molecule has 0 aliphatic rings. The maximum absolute atomic E-state index is 9.42. The van der Waals surface area contributed by atoms with E-state index in [1.54, 1.807) is 18.9 Å². The zero-order valence-corrected chi connectivity index (χ0v) is 13.3. The number of thioether (sulfide) groups is 1. The molecule has 0 aliphatic carbocycles. The van der Waals surface area contributed by atoms with Crippen LogP contribution in [0.15, 0.2) is 47.4 Å². The van der Waals surface area contributed by atoms with Gasteiger partial charge in [-0.05, 0) is 36.1 Å². The van der Waals surface area contributed by atoms with Crippen molar-refractivity contribution in [1.29, 1.82) is 5.26 Å². The molecule has 0 fully saturated rings. The van der Waals surface area contributed by atoms with Crippen molar-refractivity contribution in [3.8, 4) is 11.8 Å². The van der Waals surface area contributed by atoms with E-state index in [0.29, 0.717) is 0 Å². The topological polar surface area (TPSA) is 36.3 Å². The Bertz CT molecular complexity index is 664. The van der Waals surface area contributed by atoms with Gasteiger partial charge in [0.1, 0.15) is 11.8 Å². The summed E-state index contributed by atoms with van der Waals surface area (Å²) in [6.07, 6.45) is 1.99. The number of hydrogen-bond donors (Lipinski definition) is 0. The molecule has 2 aromatic rings. The number of ether oxygens (including phenoxy) is 1. The summed E-state index contributed by atoms with van der Waals surface area (Å²) in [6.45, 7) is 0.726. The second-order valence-electron chi connectivity index (χ2n) is 4.67. The van der Waals surface area contributed by atoms with Crippen LogP contribution in [-0.2, 0) is 6.54 Å². The lowest BCUT2D eigenvalue weighted by molar-refractivity contribution is 0.414. The van der Waals surface area contributed by atoms with Gasteiger partial charge in [0.05, 0.1) is 18.4 Å². The quantitative estimate of drug-likeness (QED) is 0.784. The van der Waals surface area contributed by atoms with Gasteiger partial charge in [0.25, 0.3) is 0 Å².